The Kier molecular flexibility index (Phi) is 8.71. The molecule has 1 rings (SSSR count). The van der Waals surface area contributed by atoms with Gasteiger partial charge in [-0.1, -0.05) is 6.07 Å². The zero-order valence-electron chi connectivity index (χ0n) is 11.5. The van der Waals surface area contributed by atoms with Gasteiger partial charge in [-0.25, -0.2) is 4.79 Å². The van der Waals surface area contributed by atoms with Gasteiger partial charge in [0.2, 0.25) is 0 Å². The van der Waals surface area contributed by atoms with Crippen LogP contribution >= 0.6 is 12.4 Å². The summed E-state index contributed by atoms with van der Waals surface area (Å²) in [5, 5.41) is 22.3. The van der Waals surface area contributed by atoms with Crippen molar-refractivity contribution in [3.05, 3.63) is 23.8 Å². The van der Waals surface area contributed by atoms with Gasteiger partial charge < -0.3 is 25.0 Å². The summed E-state index contributed by atoms with van der Waals surface area (Å²) in [4.78, 5) is 11.2. The number of hydrogen-bond donors (Lipinski definition) is 3. The Morgan fingerprint density at radius 2 is 2.15 bits per heavy atom. The lowest BCUT2D eigenvalue weighted by Gasteiger charge is -2.13. The van der Waals surface area contributed by atoms with Gasteiger partial charge in [-0.3, -0.25) is 0 Å². The number of aromatic hydroxyl groups is 1. The number of hydrogen-bond acceptors (Lipinski definition) is 6. The molecule has 7 heteroatoms. The Morgan fingerprint density at radius 1 is 1.45 bits per heavy atom. The molecule has 1 aromatic rings. The number of phenolic OH excluding ortho intramolecular Hbond substituents is 1. The summed E-state index contributed by atoms with van der Waals surface area (Å²) in [7, 11) is 1.72. The molecule has 1 aromatic carbocycles. The number of carbonyl (C=O) groups is 1. The second kappa shape index (κ2) is 9.41. The number of likely N-dealkylation sites (N-methyl/N-ethyl adjacent to an activating group) is 1. The molecule has 20 heavy (non-hydrogen) atoms. The standard InChI is InChI=1S/C13H19NO5.ClH/c1-3-18-13(17)8-19-12-6-9(4-5-10(12)15)11(16)7-14-2;/h4-6,11,14-16H,3,7-8H2,1-2H3;1H. The van der Waals surface area contributed by atoms with Gasteiger partial charge >= 0.3 is 5.97 Å². The molecule has 0 bridgehead atoms. The van der Waals surface area contributed by atoms with E-state index >= 15 is 0 Å². The molecule has 0 aliphatic heterocycles. The molecule has 0 amide bonds. The number of phenols is 1. The van der Waals surface area contributed by atoms with Crippen LogP contribution in [0, 0.1) is 0 Å². The molecule has 0 aliphatic rings. The first kappa shape index (κ1) is 18.5. The van der Waals surface area contributed by atoms with Crippen LogP contribution in [-0.4, -0.2) is 43.0 Å². The van der Waals surface area contributed by atoms with Gasteiger partial charge in [-0.05, 0) is 31.7 Å². The van der Waals surface area contributed by atoms with Crippen molar-refractivity contribution >= 4 is 18.4 Å². The molecule has 0 saturated carbocycles. The summed E-state index contributed by atoms with van der Waals surface area (Å²) in [6, 6.07) is 4.50. The van der Waals surface area contributed by atoms with Crippen LogP contribution in [0.2, 0.25) is 0 Å². The van der Waals surface area contributed by atoms with E-state index in [1.807, 2.05) is 0 Å². The molecule has 1 unspecified atom stereocenters. The lowest BCUT2D eigenvalue weighted by atomic mass is 10.1. The van der Waals surface area contributed by atoms with E-state index in [1.54, 1.807) is 20.0 Å². The average Bonchev–Trinajstić information content (AvgIpc) is 2.38. The van der Waals surface area contributed by atoms with E-state index in [1.165, 1.54) is 12.1 Å². The molecule has 0 heterocycles. The maximum atomic E-state index is 11.2. The van der Waals surface area contributed by atoms with Crippen LogP contribution in [0.25, 0.3) is 0 Å². The highest BCUT2D eigenvalue weighted by atomic mass is 35.5. The number of aliphatic hydroxyl groups is 1. The van der Waals surface area contributed by atoms with Crippen LogP contribution in [0.1, 0.15) is 18.6 Å². The molecule has 0 aliphatic carbocycles. The Morgan fingerprint density at radius 3 is 2.75 bits per heavy atom. The molecule has 1 atom stereocenters. The Hall–Kier alpha value is -1.50. The fourth-order valence-electron chi connectivity index (χ4n) is 1.50. The summed E-state index contributed by atoms with van der Waals surface area (Å²) in [5.41, 5.74) is 0.589. The van der Waals surface area contributed by atoms with Crippen molar-refractivity contribution in [2.45, 2.75) is 13.0 Å². The summed E-state index contributed by atoms with van der Waals surface area (Å²) >= 11 is 0. The summed E-state index contributed by atoms with van der Waals surface area (Å²) < 4.78 is 9.88. The first-order chi connectivity index (χ1) is 9.08. The highest BCUT2D eigenvalue weighted by Crippen LogP contribution is 2.29. The van der Waals surface area contributed by atoms with E-state index in [-0.39, 0.29) is 37.1 Å². The molecule has 114 valence electrons. The van der Waals surface area contributed by atoms with Crippen molar-refractivity contribution in [3.8, 4) is 11.5 Å². The SMILES string of the molecule is CCOC(=O)COc1cc(C(O)CNC)ccc1O.Cl. The molecule has 0 fully saturated rings. The van der Waals surface area contributed by atoms with Gasteiger partial charge in [0, 0.05) is 6.54 Å². The zero-order chi connectivity index (χ0) is 14.3. The minimum Gasteiger partial charge on any atom is -0.504 e. The van der Waals surface area contributed by atoms with E-state index < -0.39 is 12.1 Å². The van der Waals surface area contributed by atoms with Gasteiger partial charge in [-0.15, -0.1) is 12.4 Å². The maximum Gasteiger partial charge on any atom is 0.344 e. The molecule has 0 saturated heterocycles. The number of esters is 1. The zero-order valence-corrected chi connectivity index (χ0v) is 12.3. The topological polar surface area (TPSA) is 88.0 Å². The number of rotatable bonds is 7. The third kappa shape index (κ3) is 5.64. The van der Waals surface area contributed by atoms with Gasteiger partial charge in [0.25, 0.3) is 0 Å². The van der Waals surface area contributed by atoms with Crippen molar-refractivity contribution in [3.63, 3.8) is 0 Å². The smallest absolute Gasteiger partial charge is 0.344 e. The number of ether oxygens (including phenoxy) is 2. The molecule has 0 aromatic heterocycles. The Balaban J connectivity index is 0.00000361. The van der Waals surface area contributed by atoms with Crippen LogP contribution in [0.5, 0.6) is 11.5 Å². The van der Waals surface area contributed by atoms with E-state index in [2.05, 4.69) is 5.32 Å². The van der Waals surface area contributed by atoms with Gasteiger partial charge in [0.15, 0.2) is 18.1 Å². The maximum absolute atomic E-state index is 11.2. The second-order valence-corrected chi connectivity index (χ2v) is 3.89. The molecule has 0 radical (unpaired) electrons. The second-order valence-electron chi connectivity index (χ2n) is 3.89. The first-order valence-corrected chi connectivity index (χ1v) is 6.02. The minimum atomic E-state index is -0.712. The van der Waals surface area contributed by atoms with Crippen LogP contribution < -0.4 is 10.1 Å². The molecule has 3 N–H and O–H groups in total. The van der Waals surface area contributed by atoms with Crippen molar-refractivity contribution < 1.29 is 24.5 Å². The molecular weight excluding hydrogens is 286 g/mol. The number of aliphatic hydroxyl groups excluding tert-OH is 1. The molecular formula is C13H20ClNO5. The van der Waals surface area contributed by atoms with Gasteiger partial charge in [-0.2, -0.15) is 0 Å². The summed E-state index contributed by atoms with van der Waals surface area (Å²) in [5.74, 6) is -0.464. The molecule has 0 spiro atoms. The monoisotopic (exact) mass is 305 g/mol. The van der Waals surface area contributed by atoms with Crippen LogP contribution in [0.4, 0.5) is 0 Å². The van der Waals surface area contributed by atoms with Gasteiger partial charge in [0.1, 0.15) is 0 Å². The van der Waals surface area contributed by atoms with Crippen LogP contribution in [0.15, 0.2) is 18.2 Å². The van der Waals surface area contributed by atoms with Crippen LogP contribution in [-0.2, 0) is 9.53 Å². The van der Waals surface area contributed by atoms with Crippen LogP contribution in [0.3, 0.4) is 0 Å². The summed E-state index contributed by atoms with van der Waals surface area (Å²) in [6.45, 7) is 2.06. The number of nitrogens with one attached hydrogen (secondary N) is 1. The predicted molar refractivity (Wildman–Crippen MR) is 76.4 cm³/mol. The lowest BCUT2D eigenvalue weighted by molar-refractivity contribution is -0.145. The normalized spacial score (nSPS) is 11.3. The van der Waals surface area contributed by atoms with Gasteiger partial charge in [0.05, 0.1) is 12.7 Å². The highest BCUT2D eigenvalue weighted by Gasteiger charge is 2.12. The van der Waals surface area contributed by atoms with E-state index in [0.29, 0.717) is 12.1 Å². The van der Waals surface area contributed by atoms with E-state index in [9.17, 15) is 15.0 Å². The van der Waals surface area contributed by atoms with E-state index in [4.69, 9.17) is 9.47 Å². The third-order valence-electron chi connectivity index (χ3n) is 2.42. The van der Waals surface area contributed by atoms with Crippen molar-refractivity contribution in [1.82, 2.24) is 5.32 Å². The van der Waals surface area contributed by atoms with E-state index in [0.717, 1.165) is 0 Å². The third-order valence-corrected chi connectivity index (χ3v) is 2.42. The van der Waals surface area contributed by atoms with Crippen molar-refractivity contribution in [1.29, 1.82) is 0 Å². The number of halogens is 1. The quantitative estimate of drug-likeness (QED) is 0.652. The lowest BCUT2D eigenvalue weighted by Crippen LogP contribution is -2.17. The summed E-state index contributed by atoms with van der Waals surface area (Å²) in [6.07, 6.45) is -0.712. The Bertz CT molecular complexity index is 427. The van der Waals surface area contributed by atoms with Crippen molar-refractivity contribution in [2.24, 2.45) is 0 Å². The van der Waals surface area contributed by atoms with Crippen molar-refractivity contribution in [2.75, 3.05) is 26.8 Å². The predicted octanol–water partition coefficient (Wildman–Crippen LogP) is 1.01. The first-order valence-electron chi connectivity index (χ1n) is 6.02. The number of carbonyl (C=O) groups excluding carboxylic acids is 1. The fraction of sp³-hybridized carbons (Fsp3) is 0.462. The minimum absolute atomic E-state index is 0. The molecule has 6 nitrogen and oxygen atoms in total. The Labute approximate surface area is 124 Å². The largest absolute Gasteiger partial charge is 0.504 e. The highest BCUT2D eigenvalue weighted by molar-refractivity contribution is 5.85. The average molecular weight is 306 g/mol. The fourth-order valence-corrected chi connectivity index (χ4v) is 1.50. The number of benzene rings is 1.